The van der Waals surface area contributed by atoms with Crippen molar-refractivity contribution in [3.63, 3.8) is 0 Å². The van der Waals surface area contributed by atoms with Crippen LogP contribution in [0.2, 0.25) is 0 Å². The van der Waals surface area contributed by atoms with E-state index in [2.05, 4.69) is 0 Å². The number of rotatable bonds is 3. The molecule has 0 N–H and O–H groups in total. The predicted octanol–water partition coefficient (Wildman–Crippen LogP) is 5.49. The summed E-state index contributed by atoms with van der Waals surface area (Å²) in [7, 11) is 0. The summed E-state index contributed by atoms with van der Waals surface area (Å²) in [6.45, 7) is 0. The fourth-order valence-electron chi connectivity index (χ4n) is 2.54. The lowest BCUT2D eigenvalue weighted by Crippen LogP contribution is -2.46. The summed E-state index contributed by atoms with van der Waals surface area (Å²) in [5.41, 5.74) is -3.97. The van der Waals surface area contributed by atoms with Crippen LogP contribution in [0.15, 0.2) is 60.7 Å². The van der Waals surface area contributed by atoms with Crippen LogP contribution in [0.3, 0.4) is 0 Å². The Kier molecular flexibility index (Phi) is 4.22. The maximum Gasteiger partial charge on any atom is 0.402 e. The highest BCUT2D eigenvalue weighted by atomic mass is 19.4. The molecular weight excluding hydrogens is 306 g/mol. The van der Waals surface area contributed by atoms with Gasteiger partial charge in [-0.2, -0.15) is 26.3 Å². The van der Waals surface area contributed by atoms with Crippen molar-refractivity contribution in [2.24, 2.45) is 0 Å². The summed E-state index contributed by atoms with van der Waals surface area (Å²) in [6, 6.07) is 12.4. The third-order valence-electron chi connectivity index (χ3n) is 3.48. The first kappa shape index (κ1) is 16.4. The van der Waals surface area contributed by atoms with Crippen LogP contribution in [0.25, 0.3) is 0 Å². The van der Waals surface area contributed by atoms with E-state index < -0.39 is 35.3 Å². The van der Waals surface area contributed by atoms with Gasteiger partial charge in [0.2, 0.25) is 0 Å². The molecular formula is C16H12F6. The maximum absolute atomic E-state index is 13.8. The van der Waals surface area contributed by atoms with Crippen molar-refractivity contribution in [3.05, 3.63) is 71.8 Å². The van der Waals surface area contributed by atoms with E-state index in [1.807, 2.05) is 0 Å². The summed E-state index contributed by atoms with van der Waals surface area (Å²) in [4.78, 5) is 0. The molecule has 0 spiro atoms. The Bertz CT molecular complexity index is 559. The van der Waals surface area contributed by atoms with Crippen molar-refractivity contribution in [3.8, 4) is 0 Å². The molecule has 0 nitrogen and oxygen atoms in total. The van der Waals surface area contributed by atoms with Crippen LogP contribution in [0.1, 0.15) is 17.5 Å². The Morgan fingerprint density at radius 1 is 0.591 bits per heavy atom. The zero-order chi connectivity index (χ0) is 16.4. The molecule has 0 unspecified atom stereocenters. The lowest BCUT2D eigenvalue weighted by Gasteiger charge is -2.37. The van der Waals surface area contributed by atoms with E-state index in [0.717, 1.165) is 24.3 Å². The molecule has 0 saturated heterocycles. The van der Waals surface area contributed by atoms with Crippen molar-refractivity contribution >= 4 is 0 Å². The fraction of sp³-hybridized carbons (Fsp3) is 0.250. The predicted molar refractivity (Wildman–Crippen MR) is 70.4 cm³/mol. The van der Waals surface area contributed by atoms with Gasteiger partial charge >= 0.3 is 12.4 Å². The van der Waals surface area contributed by atoms with Crippen LogP contribution >= 0.6 is 0 Å². The second kappa shape index (κ2) is 5.66. The molecule has 2 aromatic rings. The average molecular weight is 318 g/mol. The molecule has 0 saturated carbocycles. The van der Waals surface area contributed by atoms with E-state index in [-0.39, 0.29) is 0 Å². The van der Waals surface area contributed by atoms with Gasteiger partial charge in [0.25, 0.3) is 0 Å². The summed E-state index contributed by atoms with van der Waals surface area (Å²) >= 11 is 0. The molecule has 0 amide bonds. The Morgan fingerprint density at radius 2 is 0.955 bits per heavy atom. The minimum atomic E-state index is -5.09. The molecule has 0 bridgehead atoms. The highest BCUT2D eigenvalue weighted by Crippen LogP contribution is 2.52. The molecule has 2 aromatic carbocycles. The fourth-order valence-corrected chi connectivity index (χ4v) is 2.54. The van der Waals surface area contributed by atoms with Gasteiger partial charge < -0.3 is 0 Å². The lowest BCUT2D eigenvalue weighted by molar-refractivity contribution is -0.222. The molecule has 0 heterocycles. The first-order chi connectivity index (χ1) is 10.2. The molecule has 22 heavy (non-hydrogen) atoms. The Morgan fingerprint density at radius 3 is 1.23 bits per heavy atom. The normalized spacial score (nSPS) is 13.2. The van der Waals surface area contributed by atoms with E-state index in [0.29, 0.717) is 0 Å². The van der Waals surface area contributed by atoms with Gasteiger partial charge in [-0.05, 0) is 11.1 Å². The molecule has 0 atom stereocenters. The molecule has 2 rings (SSSR count). The number of hydrogen-bond donors (Lipinski definition) is 0. The monoisotopic (exact) mass is 318 g/mol. The Labute approximate surface area is 123 Å². The molecule has 0 aliphatic carbocycles. The number of hydrogen-bond acceptors (Lipinski definition) is 0. The maximum atomic E-state index is 13.8. The molecule has 6 heteroatoms. The molecule has 0 radical (unpaired) electrons. The Hall–Kier alpha value is -1.98. The minimum absolute atomic E-state index is 0.425. The van der Waals surface area contributed by atoms with Gasteiger partial charge in [-0.1, -0.05) is 60.7 Å². The summed E-state index contributed by atoms with van der Waals surface area (Å²) < 4.78 is 80.2. The summed E-state index contributed by atoms with van der Waals surface area (Å²) in [5.74, 6) is 0. The van der Waals surface area contributed by atoms with Crippen molar-refractivity contribution < 1.29 is 26.3 Å². The quantitative estimate of drug-likeness (QED) is 0.657. The topological polar surface area (TPSA) is 0 Å². The van der Waals surface area contributed by atoms with Crippen LogP contribution < -0.4 is 0 Å². The van der Waals surface area contributed by atoms with Crippen LogP contribution in [0.4, 0.5) is 26.3 Å². The molecule has 0 aliphatic rings. The molecule has 0 fully saturated rings. The smallest absolute Gasteiger partial charge is 0.171 e. The number of halogens is 6. The van der Waals surface area contributed by atoms with Gasteiger partial charge in [-0.15, -0.1) is 0 Å². The highest BCUT2D eigenvalue weighted by Gasteiger charge is 2.61. The standard InChI is InChI=1S/C16H12F6/c17-15(18,19)11-14(16(20,21)22,12-7-3-1-4-8-12)13-9-5-2-6-10-13/h1-10H,11H2. The van der Waals surface area contributed by atoms with Gasteiger partial charge in [0.05, 0.1) is 6.42 Å². The third-order valence-corrected chi connectivity index (χ3v) is 3.48. The van der Waals surface area contributed by atoms with Crippen molar-refractivity contribution in [1.29, 1.82) is 0 Å². The van der Waals surface area contributed by atoms with Crippen molar-refractivity contribution in [1.82, 2.24) is 0 Å². The second-order valence-electron chi connectivity index (χ2n) is 4.93. The van der Waals surface area contributed by atoms with Crippen molar-refractivity contribution in [2.75, 3.05) is 0 Å². The van der Waals surface area contributed by atoms with E-state index in [1.54, 1.807) is 0 Å². The number of benzene rings is 2. The zero-order valence-corrected chi connectivity index (χ0v) is 11.2. The van der Waals surface area contributed by atoms with Crippen molar-refractivity contribution in [2.45, 2.75) is 24.2 Å². The van der Waals surface area contributed by atoms with E-state index in [9.17, 15) is 26.3 Å². The summed E-state index contributed by atoms with van der Waals surface area (Å²) in [5, 5.41) is 0. The molecule has 0 aliphatic heterocycles. The Balaban J connectivity index is 2.76. The van der Waals surface area contributed by atoms with Crippen LogP contribution in [0, 0.1) is 0 Å². The average Bonchev–Trinajstić information content (AvgIpc) is 2.44. The highest BCUT2D eigenvalue weighted by molar-refractivity contribution is 5.41. The van der Waals surface area contributed by atoms with Crippen LogP contribution in [-0.4, -0.2) is 12.4 Å². The first-order valence-electron chi connectivity index (χ1n) is 6.41. The summed E-state index contributed by atoms with van der Waals surface area (Å²) in [6.07, 6.45) is -12.1. The minimum Gasteiger partial charge on any atom is -0.171 e. The molecule has 0 aromatic heterocycles. The first-order valence-corrected chi connectivity index (χ1v) is 6.41. The van der Waals surface area contributed by atoms with Gasteiger partial charge in [0, 0.05) is 0 Å². The second-order valence-corrected chi connectivity index (χ2v) is 4.93. The SMILES string of the molecule is FC(F)(F)CC(c1ccccc1)(c1ccccc1)C(F)(F)F. The van der Waals surface area contributed by atoms with E-state index in [4.69, 9.17) is 0 Å². The van der Waals surface area contributed by atoms with Gasteiger partial charge in [0.15, 0.2) is 0 Å². The van der Waals surface area contributed by atoms with Crippen LogP contribution in [0.5, 0.6) is 0 Å². The van der Waals surface area contributed by atoms with Crippen LogP contribution in [-0.2, 0) is 5.41 Å². The van der Waals surface area contributed by atoms with Gasteiger partial charge in [-0.3, -0.25) is 0 Å². The van der Waals surface area contributed by atoms with Gasteiger partial charge in [0.1, 0.15) is 5.41 Å². The number of alkyl halides is 6. The lowest BCUT2D eigenvalue weighted by atomic mass is 9.71. The van der Waals surface area contributed by atoms with E-state index in [1.165, 1.54) is 36.4 Å². The largest absolute Gasteiger partial charge is 0.402 e. The van der Waals surface area contributed by atoms with E-state index >= 15 is 0 Å². The molecule has 118 valence electrons. The zero-order valence-electron chi connectivity index (χ0n) is 11.2. The third kappa shape index (κ3) is 3.10. The van der Waals surface area contributed by atoms with Gasteiger partial charge in [-0.25, -0.2) is 0 Å².